The fourth-order valence-electron chi connectivity index (χ4n) is 4.88. The number of rotatable bonds is 8. The fourth-order valence-corrected chi connectivity index (χ4v) is 5.11. The van der Waals surface area contributed by atoms with E-state index in [4.69, 9.17) is 16.7 Å². The molecule has 10 heteroatoms. The summed E-state index contributed by atoms with van der Waals surface area (Å²) in [5.74, 6) is -2.74. The predicted molar refractivity (Wildman–Crippen MR) is 124 cm³/mol. The second-order valence-electron chi connectivity index (χ2n) is 10.0. The Morgan fingerprint density at radius 1 is 1.18 bits per heavy atom. The van der Waals surface area contributed by atoms with Crippen LogP contribution in [0.5, 0.6) is 0 Å². The van der Waals surface area contributed by atoms with Crippen LogP contribution >= 0.6 is 11.6 Å². The predicted octanol–water partition coefficient (Wildman–Crippen LogP) is 2.02. The van der Waals surface area contributed by atoms with Crippen LogP contribution in [0.1, 0.15) is 56.8 Å². The molecule has 2 fully saturated rings. The number of carbonyl (C=O) groups is 5. The molecule has 1 aliphatic carbocycles. The molecule has 2 aliphatic rings. The van der Waals surface area contributed by atoms with Gasteiger partial charge in [0.2, 0.25) is 11.8 Å². The van der Waals surface area contributed by atoms with Gasteiger partial charge in [-0.1, -0.05) is 44.5 Å². The number of nitrogens with one attached hydrogen (secondary N) is 2. The van der Waals surface area contributed by atoms with Crippen LogP contribution in [0, 0.1) is 11.3 Å². The van der Waals surface area contributed by atoms with Crippen LogP contribution < -0.4 is 10.6 Å². The molecule has 2 bridgehead atoms. The van der Waals surface area contributed by atoms with Crippen LogP contribution in [0.25, 0.3) is 0 Å². The summed E-state index contributed by atoms with van der Waals surface area (Å²) in [6.45, 7) is 5.46. The number of piperidine rings is 1. The van der Waals surface area contributed by atoms with Crippen LogP contribution in [0.15, 0.2) is 24.3 Å². The molecule has 3 rings (SSSR count). The van der Waals surface area contributed by atoms with E-state index in [2.05, 4.69) is 10.6 Å². The first-order valence-electron chi connectivity index (χ1n) is 11.3. The lowest BCUT2D eigenvalue weighted by Crippen LogP contribution is -2.61. The molecule has 1 aromatic carbocycles. The monoisotopic (exact) mass is 491 g/mol. The molecule has 0 aromatic heterocycles. The third-order valence-corrected chi connectivity index (χ3v) is 6.83. The zero-order valence-corrected chi connectivity index (χ0v) is 20.2. The number of carboxylic acids is 1. The van der Waals surface area contributed by atoms with Crippen LogP contribution in [-0.4, -0.2) is 64.2 Å². The summed E-state index contributed by atoms with van der Waals surface area (Å²) >= 11 is 6.16. The Kier molecular flexibility index (Phi) is 7.65. The summed E-state index contributed by atoms with van der Waals surface area (Å²) in [5.41, 5.74) is -0.433. The number of fused-ring (bicyclic) bond motifs is 2. The first-order valence-corrected chi connectivity index (χ1v) is 11.7. The van der Waals surface area contributed by atoms with Crippen molar-refractivity contribution in [1.82, 2.24) is 15.5 Å². The molecule has 0 radical (unpaired) electrons. The van der Waals surface area contributed by atoms with Crippen molar-refractivity contribution >= 4 is 41.6 Å². The topological polar surface area (TPSA) is 133 Å². The number of aliphatic carboxylic acids is 1. The molecule has 1 saturated carbocycles. The second kappa shape index (κ2) is 10.1. The number of hydrogen-bond acceptors (Lipinski definition) is 5. The average Bonchev–Trinajstić information content (AvgIpc) is 3.37. The van der Waals surface area contributed by atoms with E-state index in [9.17, 15) is 24.0 Å². The lowest BCUT2D eigenvalue weighted by atomic mass is 9.84. The van der Waals surface area contributed by atoms with Crippen LogP contribution in [-0.2, 0) is 19.2 Å². The Bertz CT molecular complexity index is 991. The summed E-state index contributed by atoms with van der Waals surface area (Å²) in [7, 11) is 0. The molecule has 1 aliphatic heterocycles. The molecular weight excluding hydrogens is 462 g/mol. The van der Waals surface area contributed by atoms with Crippen molar-refractivity contribution in [3.05, 3.63) is 34.9 Å². The van der Waals surface area contributed by atoms with Gasteiger partial charge in [0.15, 0.2) is 0 Å². The van der Waals surface area contributed by atoms with Crippen molar-refractivity contribution < 1.29 is 29.1 Å². The fraction of sp³-hybridized carbons (Fsp3) is 0.542. The van der Waals surface area contributed by atoms with Gasteiger partial charge in [0.25, 0.3) is 5.91 Å². The Balaban J connectivity index is 1.85. The second-order valence-corrected chi connectivity index (χ2v) is 10.4. The highest BCUT2D eigenvalue weighted by molar-refractivity contribution is 6.33. The molecule has 9 nitrogen and oxygen atoms in total. The van der Waals surface area contributed by atoms with E-state index in [1.165, 1.54) is 4.90 Å². The van der Waals surface area contributed by atoms with Crippen molar-refractivity contribution in [2.75, 3.05) is 0 Å². The Morgan fingerprint density at radius 2 is 1.85 bits per heavy atom. The van der Waals surface area contributed by atoms with Crippen LogP contribution in [0.4, 0.5) is 0 Å². The first kappa shape index (κ1) is 25.7. The minimum atomic E-state index is -1.21. The summed E-state index contributed by atoms with van der Waals surface area (Å²) in [5, 5.41) is 14.5. The van der Waals surface area contributed by atoms with Gasteiger partial charge in [-0.25, -0.2) is 0 Å². The molecule has 184 valence electrons. The van der Waals surface area contributed by atoms with Crippen molar-refractivity contribution in [2.45, 2.75) is 70.6 Å². The average molecular weight is 492 g/mol. The number of nitrogens with zero attached hydrogens (tertiary/aromatic N) is 1. The van der Waals surface area contributed by atoms with Gasteiger partial charge in [-0.2, -0.15) is 0 Å². The van der Waals surface area contributed by atoms with Crippen molar-refractivity contribution in [3.63, 3.8) is 0 Å². The van der Waals surface area contributed by atoms with E-state index < -0.39 is 47.7 Å². The van der Waals surface area contributed by atoms with Gasteiger partial charge in [0.05, 0.1) is 23.0 Å². The zero-order chi connectivity index (χ0) is 25.2. The molecule has 1 unspecified atom stereocenters. The molecule has 1 saturated heterocycles. The zero-order valence-electron chi connectivity index (χ0n) is 19.4. The molecule has 34 heavy (non-hydrogen) atoms. The van der Waals surface area contributed by atoms with Gasteiger partial charge >= 0.3 is 5.97 Å². The van der Waals surface area contributed by atoms with Crippen LogP contribution in [0.3, 0.4) is 0 Å². The maximum atomic E-state index is 13.8. The molecule has 1 heterocycles. The van der Waals surface area contributed by atoms with Gasteiger partial charge in [-0.3, -0.25) is 19.2 Å². The third-order valence-electron chi connectivity index (χ3n) is 6.50. The van der Waals surface area contributed by atoms with Gasteiger partial charge < -0.3 is 25.4 Å². The number of amides is 3. The Morgan fingerprint density at radius 3 is 2.44 bits per heavy atom. The maximum Gasteiger partial charge on any atom is 0.305 e. The number of halogens is 1. The molecule has 5 atom stereocenters. The number of carbonyl (C=O) groups excluding carboxylic acids is 4. The SMILES string of the molecule is CC(C)(C)[C@H](NC(=O)c1ccccc1Cl)C(=O)N1[C@H]2CC[C@@H](C2)[C@H]1C(=O)NC(C=O)CC(=O)O. The highest BCUT2D eigenvalue weighted by Crippen LogP contribution is 2.43. The minimum absolute atomic E-state index is 0.0917. The minimum Gasteiger partial charge on any atom is -0.481 e. The molecular formula is C24H30ClN3O6. The van der Waals surface area contributed by atoms with Crippen molar-refractivity contribution in [3.8, 4) is 0 Å². The van der Waals surface area contributed by atoms with Gasteiger partial charge in [0.1, 0.15) is 18.4 Å². The van der Waals surface area contributed by atoms with E-state index in [0.29, 0.717) is 12.7 Å². The van der Waals surface area contributed by atoms with Gasteiger partial charge in [0, 0.05) is 6.04 Å². The van der Waals surface area contributed by atoms with Crippen LogP contribution in [0.2, 0.25) is 5.02 Å². The van der Waals surface area contributed by atoms with E-state index >= 15 is 0 Å². The number of hydrogen-bond donors (Lipinski definition) is 3. The van der Waals surface area contributed by atoms with E-state index in [1.807, 2.05) is 20.8 Å². The molecule has 3 amide bonds. The summed E-state index contributed by atoms with van der Waals surface area (Å²) in [4.78, 5) is 63.7. The largest absolute Gasteiger partial charge is 0.481 e. The molecule has 0 spiro atoms. The Labute approximate surface area is 203 Å². The highest BCUT2D eigenvalue weighted by Gasteiger charge is 2.53. The lowest BCUT2D eigenvalue weighted by molar-refractivity contribution is -0.147. The third kappa shape index (κ3) is 5.41. The first-order chi connectivity index (χ1) is 15.9. The lowest BCUT2D eigenvalue weighted by Gasteiger charge is -2.40. The number of carboxylic acid groups (broad SMARTS) is 1. The Hall–Kier alpha value is -2.94. The normalized spacial score (nSPS) is 23.2. The van der Waals surface area contributed by atoms with Gasteiger partial charge in [-0.15, -0.1) is 0 Å². The summed E-state index contributed by atoms with van der Waals surface area (Å²) in [6, 6.07) is 3.42. The molecule has 3 N–H and O–H groups in total. The number of likely N-dealkylation sites (tertiary alicyclic amines) is 1. The maximum absolute atomic E-state index is 13.8. The number of aldehydes is 1. The van der Waals surface area contributed by atoms with Crippen molar-refractivity contribution in [1.29, 1.82) is 0 Å². The smallest absolute Gasteiger partial charge is 0.305 e. The summed E-state index contributed by atoms with van der Waals surface area (Å²) < 4.78 is 0. The van der Waals surface area contributed by atoms with E-state index in [0.717, 1.165) is 12.8 Å². The summed E-state index contributed by atoms with van der Waals surface area (Å²) in [6.07, 6.45) is 1.98. The van der Waals surface area contributed by atoms with Gasteiger partial charge in [-0.05, 0) is 42.7 Å². The highest BCUT2D eigenvalue weighted by atomic mass is 35.5. The van der Waals surface area contributed by atoms with E-state index in [-0.39, 0.29) is 28.5 Å². The van der Waals surface area contributed by atoms with E-state index in [1.54, 1.807) is 24.3 Å². The standard InChI is InChI=1S/C24H30ClN3O6/c1-24(2,3)20(27-21(32)16-6-4-5-7-17(16)25)23(34)28-15-9-8-13(10-15)19(28)22(33)26-14(12-29)11-18(30)31/h4-7,12-15,19-20H,8-11H2,1-3H3,(H,26,33)(H,27,32)(H,30,31)/t13-,14?,15-,19-,20+/m0/s1. The number of benzene rings is 1. The quantitative estimate of drug-likeness (QED) is 0.476. The van der Waals surface area contributed by atoms with Crippen molar-refractivity contribution in [2.24, 2.45) is 11.3 Å². The molecule has 1 aromatic rings.